The molecule has 0 fully saturated rings. The van der Waals surface area contributed by atoms with Gasteiger partial charge in [-0.15, -0.1) is 22.7 Å². The number of Topliss-reactive ketones (excluding diaryl/α,β-unsaturated/α-hetero) is 1. The highest BCUT2D eigenvalue weighted by molar-refractivity contribution is 7.12. The minimum Gasteiger partial charge on any atom is -0.299 e. The lowest BCUT2D eigenvalue weighted by Crippen LogP contribution is -2.30. The summed E-state index contributed by atoms with van der Waals surface area (Å²) in [5.74, 6) is -0.0662. The molecule has 0 amide bonds. The fraction of sp³-hybridized carbons (Fsp3) is 0.167. The maximum absolute atomic E-state index is 11.9. The van der Waals surface area contributed by atoms with E-state index in [2.05, 4.69) is 6.58 Å². The fourth-order valence-corrected chi connectivity index (χ4v) is 3.06. The van der Waals surface area contributed by atoms with Gasteiger partial charge < -0.3 is 0 Å². The van der Waals surface area contributed by atoms with Crippen LogP contribution in [-0.2, 0) is 6.54 Å². The van der Waals surface area contributed by atoms with Crippen molar-refractivity contribution in [1.29, 1.82) is 0 Å². The minimum atomic E-state index is -0.109. The number of hydrogen-bond acceptors (Lipinski definition) is 4. The van der Waals surface area contributed by atoms with Crippen molar-refractivity contribution in [3.8, 4) is 0 Å². The summed E-state index contributed by atoms with van der Waals surface area (Å²) >= 11 is 2.65. The Bertz CT molecular complexity index is 692. The molecule has 0 aliphatic rings. The van der Waals surface area contributed by atoms with Crippen LogP contribution in [0.1, 0.15) is 16.6 Å². The second-order valence-electron chi connectivity index (χ2n) is 3.40. The molecule has 88 valence electrons. The zero-order chi connectivity index (χ0) is 12.4. The average Bonchev–Trinajstić information content (AvgIpc) is 2.89. The molecule has 0 aliphatic heterocycles. The van der Waals surface area contributed by atoms with Gasteiger partial charge in [0.05, 0.1) is 9.41 Å². The third-order valence-electron chi connectivity index (χ3n) is 2.31. The maximum Gasteiger partial charge on any atom is 0.268 e. The summed E-state index contributed by atoms with van der Waals surface area (Å²) in [4.78, 5) is 24.2. The van der Waals surface area contributed by atoms with Crippen molar-refractivity contribution in [2.24, 2.45) is 0 Å². The zero-order valence-corrected chi connectivity index (χ0v) is 10.9. The number of nitrogens with zero attached hydrogens (tertiary/aromatic N) is 1. The molecular weight excluding hydrogens is 254 g/mol. The van der Waals surface area contributed by atoms with Crippen LogP contribution in [0, 0.1) is 0 Å². The number of rotatable bonds is 3. The zero-order valence-electron chi connectivity index (χ0n) is 9.30. The van der Waals surface area contributed by atoms with E-state index < -0.39 is 0 Å². The molecule has 0 N–H and O–H groups in total. The van der Waals surface area contributed by atoms with Gasteiger partial charge in [-0.25, -0.2) is 0 Å². The standard InChI is InChI=1S/C12H11NO2S2/c1-3-13-11(17-8(2)12(13)15)7-9(14)10-5-4-6-16-10/h4-7H,2-3H2,1H3/b11-7-. The first-order valence-corrected chi connectivity index (χ1v) is 6.81. The van der Waals surface area contributed by atoms with Gasteiger partial charge in [-0.3, -0.25) is 14.2 Å². The van der Waals surface area contributed by atoms with Gasteiger partial charge in [-0.05, 0) is 18.4 Å². The van der Waals surface area contributed by atoms with Gasteiger partial charge >= 0.3 is 0 Å². The molecular formula is C12H11NO2S2. The molecule has 0 atom stereocenters. The van der Waals surface area contributed by atoms with Crippen molar-refractivity contribution in [2.75, 3.05) is 0 Å². The Hall–Kier alpha value is -1.46. The molecule has 0 saturated carbocycles. The lowest BCUT2D eigenvalue weighted by molar-refractivity contribution is 0.106. The molecule has 2 aromatic heterocycles. The average molecular weight is 265 g/mol. The van der Waals surface area contributed by atoms with Gasteiger partial charge in [-0.2, -0.15) is 0 Å². The largest absolute Gasteiger partial charge is 0.299 e. The Labute approximate surface area is 106 Å². The van der Waals surface area contributed by atoms with E-state index >= 15 is 0 Å². The molecule has 0 spiro atoms. The van der Waals surface area contributed by atoms with Crippen molar-refractivity contribution in [3.05, 3.63) is 41.9 Å². The molecule has 2 aromatic rings. The normalized spacial score (nSPS) is 11.9. The van der Waals surface area contributed by atoms with Crippen LogP contribution in [0.25, 0.3) is 12.7 Å². The molecule has 2 heterocycles. The number of carbonyl (C=O) groups is 1. The Morgan fingerprint density at radius 3 is 2.94 bits per heavy atom. The van der Waals surface area contributed by atoms with Crippen LogP contribution in [0.15, 0.2) is 22.3 Å². The van der Waals surface area contributed by atoms with Crippen LogP contribution < -0.4 is 14.8 Å². The summed E-state index contributed by atoms with van der Waals surface area (Å²) in [5, 5.41) is 1.86. The summed E-state index contributed by atoms with van der Waals surface area (Å²) in [6.45, 7) is 6.10. The van der Waals surface area contributed by atoms with Gasteiger partial charge in [0.2, 0.25) is 0 Å². The van der Waals surface area contributed by atoms with E-state index in [1.807, 2.05) is 18.4 Å². The van der Waals surface area contributed by atoms with Gasteiger partial charge in [-0.1, -0.05) is 12.6 Å². The van der Waals surface area contributed by atoms with Gasteiger partial charge in [0.15, 0.2) is 5.78 Å². The SMILES string of the molecule is C=c1s/c(=C\C(=O)c2cccs2)n(CC)c1=O. The third-order valence-corrected chi connectivity index (χ3v) is 4.17. The Balaban J connectivity index is 2.55. The lowest BCUT2D eigenvalue weighted by atomic mass is 10.3. The van der Waals surface area contributed by atoms with E-state index in [-0.39, 0.29) is 11.3 Å². The number of aromatic nitrogens is 1. The first kappa shape index (κ1) is 12.0. The van der Waals surface area contributed by atoms with E-state index in [1.54, 1.807) is 10.6 Å². The smallest absolute Gasteiger partial charge is 0.268 e. The minimum absolute atomic E-state index is 0.0662. The van der Waals surface area contributed by atoms with Crippen LogP contribution in [0.4, 0.5) is 0 Å². The number of carbonyl (C=O) groups excluding carboxylic acids is 1. The van der Waals surface area contributed by atoms with Gasteiger partial charge in [0.25, 0.3) is 5.56 Å². The Morgan fingerprint density at radius 1 is 1.59 bits per heavy atom. The quantitative estimate of drug-likeness (QED) is 0.779. The lowest BCUT2D eigenvalue weighted by Gasteiger charge is -1.94. The summed E-state index contributed by atoms with van der Waals surface area (Å²) in [6, 6.07) is 3.61. The molecule has 2 rings (SSSR count). The van der Waals surface area contributed by atoms with Crippen molar-refractivity contribution in [1.82, 2.24) is 4.57 Å². The predicted molar refractivity (Wildman–Crippen MR) is 72.1 cm³/mol. The van der Waals surface area contributed by atoms with Crippen molar-refractivity contribution < 1.29 is 4.79 Å². The van der Waals surface area contributed by atoms with E-state index in [0.29, 0.717) is 20.6 Å². The maximum atomic E-state index is 11.9. The highest BCUT2D eigenvalue weighted by atomic mass is 32.1. The molecule has 0 aromatic carbocycles. The Morgan fingerprint density at radius 2 is 2.35 bits per heavy atom. The number of thiazole rings is 1. The fourth-order valence-electron chi connectivity index (χ4n) is 1.48. The number of ketones is 1. The van der Waals surface area contributed by atoms with Gasteiger partial charge in [0.1, 0.15) is 4.66 Å². The molecule has 0 bridgehead atoms. The molecule has 5 heteroatoms. The van der Waals surface area contributed by atoms with Crippen molar-refractivity contribution >= 4 is 41.1 Å². The molecule has 17 heavy (non-hydrogen) atoms. The monoisotopic (exact) mass is 265 g/mol. The number of hydrogen-bond donors (Lipinski definition) is 0. The third kappa shape index (κ3) is 2.30. The summed E-state index contributed by atoms with van der Waals surface area (Å²) in [7, 11) is 0. The van der Waals surface area contributed by atoms with E-state index in [4.69, 9.17) is 0 Å². The van der Waals surface area contributed by atoms with Gasteiger partial charge in [0, 0.05) is 12.6 Å². The summed E-state index contributed by atoms with van der Waals surface area (Å²) < 4.78 is 2.70. The highest BCUT2D eigenvalue weighted by Crippen LogP contribution is 2.09. The van der Waals surface area contributed by atoms with E-state index in [1.165, 1.54) is 28.7 Å². The first-order valence-electron chi connectivity index (χ1n) is 5.11. The molecule has 3 nitrogen and oxygen atoms in total. The van der Waals surface area contributed by atoms with E-state index in [9.17, 15) is 9.59 Å². The highest BCUT2D eigenvalue weighted by Gasteiger charge is 2.06. The second-order valence-corrected chi connectivity index (χ2v) is 5.46. The van der Waals surface area contributed by atoms with E-state index in [0.717, 1.165) is 0 Å². The molecule has 0 saturated heterocycles. The van der Waals surface area contributed by atoms with Crippen LogP contribution >= 0.6 is 22.7 Å². The predicted octanol–water partition coefficient (Wildman–Crippen LogP) is 1.06. The summed E-state index contributed by atoms with van der Waals surface area (Å²) in [5.41, 5.74) is -0.109. The Kier molecular flexibility index (Phi) is 3.40. The van der Waals surface area contributed by atoms with Crippen LogP contribution in [0.2, 0.25) is 0 Å². The van der Waals surface area contributed by atoms with Crippen molar-refractivity contribution in [3.63, 3.8) is 0 Å². The van der Waals surface area contributed by atoms with Crippen LogP contribution in [0.3, 0.4) is 0 Å². The summed E-state index contributed by atoms with van der Waals surface area (Å²) in [6.07, 6.45) is 1.51. The second kappa shape index (κ2) is 4.81. The van der Waals surface area contributed by atoms with Crippen LogP contribution in [0.5, 0.6) is 0 Å². The van der Waals surface area contributed by atoms with Crippen LogP contribution in [-0.4, -0.2) is 10.4 Å². The number of thiophene rings is 1. The molecule has 0 aliphatic carbocycles. The van der Waals surface area contributed by atoms with Crippen molar-refractivity contribution in [2.45, 2.75) is 13.5 Å². The first-order chi connectivity index (χ1) is 8.13. The molecule has 0 unspecified atom stereocenters. The molecule has 0 radical (unpaired) electrons. The topological polar surface area (TPSA) is 39.1 Å².